The molecule has 4 rings (SSSR count). The molecule has 210 valence electrons. The number of carbonyl (C=O) groups excluding carboxylic acids is 3. The van der Waals surface area contributed by atoms with E-state index in [9.17, 15) is 14.4 Å². The zero-order valence-electron chi connectivity index (χ0n) is 23.3. The van der Waals surface area contributed by atoms with E-state index in [-0.39, 0.29) is 34.1 Å². The van der Waals surface area contributed by atoms with Crippen LogP contribution in [0.25, 0.3) is 22.3 Å². The molecule has 6 nitrogen and oxygen atoms in total. The lowest BCUT2D eigenvalue weighted by molar-refractivity contribution is -0.139. The van der Waals surface area contributed by atoms with E-state index in [1.165, 1.54) is 38.1 Å². The Bertz CT molecular complexity index is 1550. The molecule has 41 heavy (non-hydrogen) atoms. The van der Waals surface area contributed by atoms with E-state index in [4.69, 9.17) is 14.2 Å². The monoisotopic (exact) mass is 554 g/mol. The molecule has 0 aliphatic heterocycles. The number of benzene rings is 3. The van der Waals surface area contributed by atoms with Crippen LogP contribution in [-0.2, 0) is 25.5 Å². The van der Waals surface area contributed by atoms with Crippen LogP contribution in [0.2, 0.25) is 0 Å². The Morgan fingerprint density at radius 2 is 1.32 bits per heavy atom. The van der Waals surface area contributed by atoms with E-state index in [2.05, 4.69) is 19.7 Å². The largest absolute Gasteiger partial charge is 0.462 e. The smallest absolute Gasteiger partial charge is 0.338 e. The van der Waals surface area contributed by atoms with Gasteiger partial charge in [-0.15, -0.1) is 0 Å². The molecule has 0 radical (unpaired) electrons. The Hall–Kier alpha value is -4.78. The standard InChI is InChI=1S/C34H31FO6/c1-19(2)32(36)39-18-25-8-7-24-13-22(9-11-29(24)25)23-10-12-30(31(35)16-23)26-14-27(40-33(37)20(3)4)17-28(15-26)41-34(38)21(5)6/h9-17,25H,1,3,5,7-8,18H2,2,4,6H3. The lowest BCUT2D eigenvalue weighted by atomic mass is 9.95. The molecule has 3 aromatic rings. The number of ether oxygens (including phenoxy) is 3. The number of fused-ring (bicyclic) bond motifs is 1. The summed E-state index contributed by atoms with van der Waals surface area (Å²) >= 11 is 0. The van der Waals surface area contributed by atoms with E-state index >= 15 is 4.39 Å². The minimum absolute atomic E-state index is 0.0746. The molecule has 1 atom stereocenters. The SMILES string of the molecule is C=C(C)C(=O)OCC1CCc2cc(-c3ccc(-c4cc(OC(=O)C(=C)C)cc(OC(=O)C(=C)C)c4)c(F)c3)ccc21. The first-order valence-electron chi connectivity index (χ1n) is 13.1. The van der Waals surface area contributed by atoms with Crippen LogP contribution in [0.4, 0.5) is 4.39 Å². The molecule has 1 unspecified atom stereocenters. The molecule has 0 spiro atoms. The first-order chi connectivity index (χ1) is 19.4. The van der Waals surface area contributed by atoms with Gasteiger partial charge in [0.05, 0.1) is 6.61 Å². The van der Waals surface area contributed by atoms with Crippen LogP contribution in [-0.4, -0.2) is 24.5 Å². The highest BCUT2D eigenvalue weighted by molar-refractivity contribution is 5.90. The van der Waals surface area contributed by atoms with E-state index < -0.39 is 23.7 Å². The Labute approximate surface area is 238 Å². The molecular formula is C34H31FO6. The summed E-state index contributed by atoms with van der Waals surface area (Å²) in [6.45, 7) is 15.7. The highest BCUT2D eigenvalue weighted by Crippen LogP contribution is 2.38. The fourth-order valence-electron chi connectivity index (χ4n) is 4.52. The summed E-state index contributed by atoms with van der Waals surface area (Å²) in [4.78, 5) is 36.0. The van der Waals surface area contributed by atoms with Crippen molar-refractivity contribution in [1.82, 2.24) is 0 Å². The Morgan fingerprint density at radius 3 is 1.88 bits per heavy atom. The number of halogens is 1. The number of esters is 3. The summed E-state index contributed by atoms with van der Waals surface area (Å²) in [5.74, 6) is -1.97. The van der Waals surface area contributed by atoms with Crippen molar-refractivity contribution in [2.75, 3.05) is 6.61 Å². The molecule has 0 bridgehead atoms. The lowest BCUT2D eigenvalue weighted by Gasteiger charge is -2.14. The second-order valence-electron chi connectivity index (χ2n) is 10.3. The minimum atomic E-state index is -0.664. The van der Waals surface area contributed by atoms with Crippen LogP contribution in [0.3, 0.4) is 0 Å². The lowest BCUT2D eigenvalue weighted by Crippen LogP contribution is -2.11. The summed E-state index contributed by atoms with van der Waals surface area (Å²) in [6.07, 6.45) is 1.69. The molecule has 1 aliphatic rings. The number of hydrogen-bond acceptors (Lipinski definition) is 6. The summed E-state index contributed by atoms with van der Waals surface area (Å²) in [5.41, 5.74) is 5.12. The van der Waals surface area contributed by atoms with E-state index in [1.54, 1.807) is 19.1 Å². The molecule has 0 saturated heterocycles. The second kappa shape index (κ2) is 12.2. The maximum absolute atomic E-state index is 15.5. The average Bonchev–Trinajstić information content (AvgIpc) is 3.33. The van der Waals surface area contributed by atoms with Gasteiger partial charge in [-0.1, -0.05) is 50.1 Å². The quantitative estimate of drug-likeness (QED) is 0.157. The van der Waals surface area contributed by atoms with Crippen molar-refractivity contribution in [3.05, 3.63) is 108 Å². The van der Waals surface area contributed by atoms with Gasteiger partial charge in [0, 0.05) is 34.3 Å². The average molecular weight is 555 g/mol. The first-order valence-corrected chi connectivity index (χ1v) is 13.1. The Balaban J connectivity index is 1.61. The summed E-state index contributed by atoms with van der Waals surface area (Å²) < 4.78 is 31.6. The number of aryl methyl sites for hydroxylation is 1. The summed E-state index contributed by atoms with van der Waals surface area (Å²) in [6, 6.07) is 15.2. The van der Waals surface area contributed by atoms with Crippen molar-refractivity contribution < 1.29 is 33.0 Å². The first kappa shape index (κ1) is 29.2. The van der Waals surface area contributed by atoms with Crippen molar-refractivity contribution in [2.24, 2.45) is 0 Å². The molecule has 0 aromatic heterocycles. The van der Waals surface area contributed by atoms with Crippen molar-refractivity contribution >= 4 is 17.9 Å². The zero-order valence-corrected chi connectivity index (χ0v) is 23.3. The van der Waals surface area contributed by atoms with Gasteiger partial charge < -0.3 is 14.2 Å². The van der Waals surface area contributed by atoms with Crippen molar-refractivity contribution in [3.8, 4) is 33.8 Å². The summed E-state index contributed by atoms with van der Waals surface area (Å²) in [7, 11) is 0. The Kier molecular flexibility index (Phi) is 8.67. The molecule has 0 heterocycles. The van der Waals surface area contributed by atoms with Crippen molar-refractivity contribution in [3.63, 3.8) is 0 Å². The van der Waals surface area contributed by atoms with Gasteiger partial charge in [-0.3, -0.25) is 0 Å². The van der Waals surface area contributed by atoms with Gasteiger partial charge in [-0.25, -0.2) is 18.8 Å². The fraction of sp³-hybridized carbons (Fsp3) is 0.206. The maximum Gasteiger partial charge on any atom is 0.338 e. The number of rotatable bonds is 9. The predicted molar refractivity (Wildman–Crippen MR) is 155 cm³/mol. The van der Waals surface area contributed by atoms with Crippen LogP contribution < -0.4 is 9.47 Å². The highest BCUT2D eigenvalue weighted by atomic mass is 19.1. The van der Waals surface area contributed by atoms with Crippen molar-refractivity contribution in [2.45, 2.75) is 39.5 Å². The van der Waals surface area contributed by atoms with Crippen LogP contribution in [0.1, 0.15) is 44.2 Å². The number of hydrogen-bond donors (Lipinski definition) is 0. The summed E-state index contributed by atoms with van der Waals surface area (Å²) in [5, 5.41) is 0. The molecular weight excluding hydrogens is 523 g/mol. The van der Waals surface area contributed by atoms with Gasteiger partial charge in [0.2, 0.25) is 0 Å². The highest BCUT2D eigenvalue weighted by Gasteiger charge is 2.24. The Morgan fingerprint density at radius 1 is 0.756 bits per heavy atom. The minimum Gasteiger partial charge on any atom is -0.462 e. The third-order valence-electron chi connectivity index (χ3n) is 6.72. The molecule has 3 aromatic carbocycles. The van der Waals surface area contributed by atoms with E-state index in [1.807, 2.05) is 18.2 Å². The molecule has 7 heteroatoms. The third kappa shape index (κ3) is 6.87. The van der Waals surface area contributed by atoms with Crippen LogP contribution in [0, 0.1) is 5.82 Å². The molecule has 0 saturated carbocycles. The maximum atomic E-state index is 15.5. The van der Waals surface area contributed by atoms with Gasteiger partial charge in [-0.2, -0.15) is 0 Å². The fourth-order valence-corrected chi connectivity index (χ4v) is 4.52. The number of carbonyl (C=O) groups is 3. The zero-order chi connectivity index (χ0) is 29.8. The molecule has 1 aliphatic carbocycles. The van der Waals surface area contributed by atoms with Gasteiger partial charge in [0.25, 0.3) is 0 Å². The molecule has 0 amide bonds. The van der Waals surface area contributed by atoms with Gasteiger partial charge >= 0.3 is 17.9 Å². The third-order valence-corrected chi connectivity index (χ3v) is 6.72. The van der Waals surface area contributed by atoms with E-state index in [0.29, 0.717) is 23.3 Å². The molecule has 0 N–H and O–H groups in total. The van der Waals surface area contributed by atoms with Crippen LogP contribution in [0.15, 0.2) is 91.1 Å². The van der Waals surface area contributed by atoms with Gasteiger partial charge in [0.15, 0.2) is 0 Å². The van der Waals surface area contributed by atoms with Crippen LogP contribution >= 0.6 is 0 Å². The van der Waals surface area contributed by atoms with Crippen molar-refractivity contribution in [1.29, 1.82) is 0 Å². The van der Waals surface area contributed by atoms with Crippen LogP contribution in [0.5, 0.6) is 11.5 Å². The predicted octanol–water partition coefficient (Wildman–Crippen LogP) is 7.27. The topological polar surface area (TPSA) is 78.9 Å². The van der Waals surface area contributed by atoms with Gasteiger partial charge in [-0.05, 0) is 79.6 Å². The normalized spacial score (nSPS) is 13.6. The molecule has 0 fully saturated rings. The second-order valence-corrected chi connectivity index (χ2v) is 10.3. The van der Waals surface area contributed by atoms with Gasteiger partial charge in [0.1, 0.15) is 17.3 Å². The van der Waals surface area contributed by atoms with E-state index in [0.717, 1.165) is 29.5 Å².